The van der Waals surface area contributed by atoms with Gasteiger partial charge in [-0.05, 0) is 13.3 Å². The van der Waals surface area contributed by atoms with Crippen molar-refractivity contribution >= 4 is 6.09 Å². The van der Waals surface area contributed by atoms with Crippen LogP contribution in [0, 0.1) is 0 Å². The van der Waals surface area contributed by atoms with Crippen molar-refractivity contribution in [3.05, 3.63) is 0 Å². The predicted octanol–water partition coefficient (Wildman–Crippen LogP) is 3.29. The zero-order valence-corrected chi connectivity index (χ0v) is 10.3. The molecule has 0 aromatic heterocycles. The van der Waals surface area contributed by atoms with Gasteiger partial charge in [-0.1, -0.05) is 33.6 Å². The van der Waals surface area contributed by atoms with Gasteiger partial charge in [0.2, 0.25) is 0 Å². The molecule has 0 fully saturated rings. The van der Waals surface area contributed by atoms with Gasteiger partial charge < -0.3 is 9.64 Å². The van der Waals surface area contributed by atoms with E-state index in [0.717, 1.165) is 19.5 Å². The highest BCUT2D eigenvalue weighted by Crippen LogP contribution is 1.99. The Balaban J connectivity index is 0. The molecular weight excluding hydrogens is 178 g/mol. The van der Waals surface area contributed by atoms with Crippen LogP contribution in [0.5, 0.6) is 0 Å². The molecule has 0 aromatic carbocycles. The van der Waals surface area contributed by atoms with E-state index < -0.39 is 0 Å². The molecule has 0 unspecified atom stereocenters. The summed E-state index contributed by atoms with van der Waals surface area (Å²) >= 11 is 0. The smallest absolute Gasteiger partial charge is 0.409 e. The largest absolute Gasteiger partial charge is 0.453 e. The van der Waals surface area contributed by atoms with Crippen LogP contribution in [0.4, 0.5) is 4.79 Å². The zero-order chi connectivity index (χ0) is 11.4. The quantitative estimate of drug-likeness (QED) is 0.642. The summed E-state index contributed by atoms with van der Waals surface area (Å²) in [4.78, 5) is 12.8. The molecule has 3 heteroatoms. The second kappa shape index (κ2) is 12.3. The Labute approximate surface area is 88.4 Å². The van der Waals surface area contributed by atoms with Gasteiger partial charge in [0.15, 0.2) is 0 Å². The molecule has 0 heterocycles. The standard InChI is InChI=1S/C9H19NO2.C2H6/c1-4-6-7-8-10(5-2)9(11)12-3;1-2/h4-8H2,1-3H3;1-2H3. The van der Waals surface area contributed by atoms with Gasteiger partial charge in [-0.2, -0.15) is 0 Å². The lowest BCUT2D eigenvalue weighted by Gasteiger charge is -2.18. The molecule has 0 aliphatic heterocycles. The molecule has 0 saturated carbocycles. The van der Waals surface area contributed by atoms with E-state index in [1.165, 1.54) is 20.0 Å². The third kappa shape index (κ3) is 7.90. The molecule has 0 N–H and O–H groups in total. The summed E-state index contributed by atoms with van der Waals surface area (Å²) in [5, 5.41) is 0. The number of ether oxygens (including phenoxy) is 1. The Bertz CT molecular complexity index is 126. The van der Waals surface area contributed by atoms with Gasteiger partial charge in [0.05, 0.1) is 7.11 Å². The van der Waals surface area contributed by atoms with Gasteiger partial charge in [0.25, 0.3) is 0 Å². The van der Waals surface area contributed by atoms with Crippen LogP contribution in [0.25, 0.3) is 0 Å². The fourth-order valence-corrected chi connectivity index (χ4v) is 1.06. The summed E-state index contributed by atoms with van der Waals surface area (Å²) in [6, 6.07) is 0. The molecule has 0 aliphatic carbocycles. The van der Waals surface area contributed by atoms with Crippen molar-refractivity contribution in [1.29, 1.82) is 0 Å². The Morgan fingerprint density at radius 3 is 2.14 bits per heavy atom. The Kier molecular flexibility index (Phi) is 13.8. The summed E-state index contributed by atoms with van der Waals surface area (Å²) in [6.45, 7) is 9.66. The van der Waals surface area contributed by atoms with Crippen LogP contribution in [0.1, 0.15) is 47.0 Å². The molecule has 86 valence electrons. The van der Waals surface area contributed by atoms with Gasteiger partial charge in [0, 0.05) is 13.1 Å². The molecule has 0 aromatic rings. The van der Waals surface area contributed by atoms with Crippen molar-refractivity contribution in [3.63, 3.8) is 0 Å². The van der Waals surface area contributed by atoms with Gasteiger partial charge >= 0.3 is 6.09 Å². The van der Waals surface area contributed by atoms with Crippen molar-refractivity contribution in [3.8, 4) is 0 Å². The molecule has 0 radical (unpaired) electrons. The first-order valence-corrected chi connectivity index (χ1v) is 5.59. The van der Waals surface area contributed by atoms with Gasteiger partial charge in [0.1, 0.15) is 0 Å². The molecule has 0 atom stereocenters. The fraction of sp³-hybridized carbons (Fsp3) is 0.909. The van der Waals surface area contributed by atoms with Crippen LogP contribution in [-0.2, 0) is 4.74 Å². The second-order valence-corrected chi connectivity index (χ2v) is 2.76. The number of amides is 1. The second-order valence-electron chi connectivity index (χ2n) is 2.76. The Hall–Kier alpha value is -0.730. The van der Waals surface area contributed by atoms with Crippen LogP contribution in [0.2, 0.25) is 0 Å². The lowest BCUT2D eigenvalue weighted by molar-refractivity contribution is 0.125. The van der Waals surface area contributed by atoms with E-state index in [2.05, 4.69) is 11.7 Å². The minimum absolute atomic E-state index is 0.214. The van der Waals surface area contributed by atoms with E-state index in [4.69, 9.17) is 0 Å². The molecule has 0 spiro atoms. The number of methoxy groups -OCH3 is 1. The number of rotatable bonds is 5. The van der Waals surface area contributed by atoms with Crippen LogP contribution in [-0.4, -0.2) is 31.2 Å². The lowest BCUT2D eigenvalue weighted by atomic mass is 10.2. The first-order chi connectivity index (χ1) is 6.76. The number of unbranched alkanes of at least 4 members (excludes halogenated alkanes) is 2. The van der Waals surface area contributed by atoms with Gasteiger partial charge in [-0.3, -0.25) is 0 Å². The van der Waals surface area contributed by atoms with Crippen molar-refractivity contribution in [1.82, 2.24) is 4.90 Å². The maximum atomic E-state index is 11.0. The fourth-order valence-electron chi connectivity index (χ4n) is 1.06. The summed E-state index contributed by atoms with van der Waals surface area (Å²) in [6.07, 6.45) is 3.21. The topological polar surface area (TPSA) is 29.5 Å². The van der Waals surface area contributed by atoms with Crippen molar-refractivity contribution < 1.29 is 9.53 Å². The van der Waals surface area contributed by atoms with E-state index in [0.29, 0.717) is 0 Å². The van der Waals surface area contributed by atoms with Crippen LogP contribution >= 0.6 is 0 Å². The average molecular weight is 203 g/mol. The van der Waals surface area contributed by atoms with E-state index >= 15 is 0 Å². The minimum atomic E-state index is -0.214. The highest BCUT2D eigenvalue weighted by Gasteiger charge is 2.09. The molecule has 0 rings (SSSR count). The first-order valence-electron chi connectivity index (χ1n) is 5.59. The van der Waals surface area contributed by atoms with E-state index in [9.17, 15) is 4.79 Å². The Morgan fingerprint density at radius 1 is 1.21 bits per heavy atom. The van der Waals surface area contributed by atoms with Crippen LogP contribution in [0.3, 0.4) is 0 Å². The lowest BCUT2D eigenvalue weighted by Crippen LogP contribution is -2.31. The third-order valence-electron chi connectivity index (χ3n) is 1.85. The molecule has 0 saturated heterocycles. The van der Waals surface area contributed by atoms with Crippen molar-refractivity contribution in [2.24, 2.45) is 0 Å². The van der Waals surface area contributed by atoms with Crippen LogP contribution < -0.4 is 0 Å². The summed E-state index contributed by atoms with van der Waals surface area (Å²) in [5.41, 5.74) is 0. The monoisotopic (exact) mass is 203 g/mol. The van der Waals surface area contributed by atoms with Gasteiger partial charge in [-0.25, -0.2) is 4.79 Å². The summed E-state index contributed by atoms with van der Waals surface area (Å²) in [5.74, 6) is 0. The number of carbonyl (C=O) groups excluding carboxylic acids is 1. The summed E-state index contributed by atoms with van der Waals surface area (Å²) in [7, 11) is 1.42. The molecule has 3 nitrogen and oxygen atoms in total. The summed E-state index contributed by atoms with van der Waals surface area (Å²) < 4.78 is 4.62. The van der Waals surface area contributed by atoms with Gasteiger partial charge in [-0.15, -0.1) is 0 Å². The van der Waals surface area contributed by atoms with E-state index in [1.54, 1.807) is 4.90 Å². The highest BCUT2D eigenvalue weighted by molar-refractivity contribution is 5.67. The normalized spacial score (nSPS) is 8.64. The molecule has 1 amide bonds. The number of nitrogens with zero attached hydrogens (tertiary/aromatic N) is 1. The number of hydrogen-bond donors (Lipinski definition) is 0. The molecule has 14 heavy (non-hydrogen) atoms. The average Bonchev–Trinajstić information content (AvgIpc) is 2.26. The number of carbonyl (C=O) groups is 1. The van der Waals surface area contributed by atoms with E-state index in [-0.39, 0.29) is 6.09 Å². The maximum absolute atomic E-state index is 11.0. The SMILES string of the molecule is CC.CCCCCN(CC)C(=O)OC. The Morgan fingerprint density at radius 2 is 1.79 bits per heavy atom. The number of hydrogen-bond acceptors (Lipinski definition) is 2. The highest BCUT2D eigenvalue weighted by atomic mass is 16.5. The minimum Gasteiger partial charge on any atom is -0.453 e. The van der Waals surface area contributed by atoms with Crippen molar-refractivity contribution in [2.45, 2.75) is 47.0 Å². The van der Waals surface area contributed by atoms with E-state index in [1.807, 2.05) is 20.8 Å². The first kappa shape index (κ1) is 15.7. The molecule has 0 bridgehead atoms. The zero-order valence-electron chi connectivity index (χ0n) is 10.3. The van der Waals surface area contributed by atoms with Crippen molar-refractivity contribution in [2.75, 3.05) is 20.2 Å². The third-order valence-corrected chi connectivity index (χ3v) is 1.85. The predicted molar refractivity (Wildman–Crippen MR) is 60.5 cm³/mol. The molecular formula is C11H25NO2. The molecule has 0 aliphatic rings. The maximum Gasteiger partial charge on any atom is 0.409 e. The van der Waals surface area contributed by atoms with Crippen LogP contribution in [0.15, 0.2) is 0 Å².